The average molecular weight is 603 g/mol. The normalized spacial score (nSPS) is 12.6. The van der Waals surface area contributed by atoms with Gasteiger partial charge in [0.05, 0.1) is 18.9 Å². The molecule has 4 nitrogen and oxygen atoms in total. The quantitative estimate of drug-likeness (QED) is 0.179. The highest BCUT2D eigenvalue weighted by molar-refractivity contribution is 7.10. The summed E-state index contributed by atoms with van der Waals surface area (Å²) in [7, 11) is 4.92. The van der Waals surface area contributed by atoms with Gasteiger partial charge in [0.2, 0.25) is 0 Å². The first-order chi connectivity index (χ1) is 19.9. The maximum absolute atomic E-state index is 6.53. The first kappa shape index (κ1) is 31.9. The van der Waals surface area contributed by atoms with Gasteiger partial charge in [0.15, 0.2) is 0 Å². The van der Waals surface area contributed by atoms with Crippen molar-refractivity contribution in [1.29, 1.82) is 0 Å². The van der Waals surface area contributed by atoms with E-state index in [1.807, 2.05) is 12.1 Å². The van der Waals surface area contributed by atoms with E-state index in [9.17, 15) is 0 Å². The second kappa shape index (κ2) is 13.1. The molecule has 0 aliphatic heterocycles. The van der Waals surface area contributed by atoms with Crippen LogP contribution in [0.25, 0.3) is 11.1 Å². The number of ether oxygens (including phenoxy) is 2. The van der Waals surface area contributed by atoms with Crippen LogP contribution in [0, 0.1) is 55.4 Å². The van der Waals surface area contributed by atoms with Crippen LogP contribution in [0.5, 0.6) is 23.0 Å². The van der Waals surface area contributed by atoms with Crippen LogP contribution in [0.1, 0.15) is 81.7 Å². The van der Waals surface area contributed by atoms with E-state index in [2.05, 4.69) is 125 Å². The number of hydrogen-bond acceptors (Lipinski definition) is 4. The molecular formula is C36H44O4P2. The number of benzene rings is 4. The Balaban J connectivity index is 1.89. The summed E-state index contributed by atoms with van der Waals surface area (Å²) in [5, 5.41) is 0. The van der Waals surface area contributed by atoms with Crippen LogP contribution in [0.4, 0.5) is 0 Å². The van der Waals surface area contributed by atoms with Crippen molar-refractivity contribution in [1.82, 2.24) is 0 Å². The molecule has 0 spiro atoms. The van der Waals surface area contributed by atoms with Crippen molar-refractivity contribution in [2.24, 2.45) is 0 Å². The zero-order chi connectivity index (χ0) is 30.9. The Morgan fingerprint density at radius 1 is 0.500 bits per heavy atom. The zero-order valence-electron chi connectivity index (χ0n) is 26.6. The lowest BCUT2D eigenvalue weighted by atomic mass is 9.85. The highest BCUT2D eigenvalue weighted by Gasteiger charge is 2.28. The zero-order valence-corrected chi connectivity index (χ0v) is 28.9. The molecule has 0 aliphatic carbocycles. The molecule has 0 amide bonds. The van der Waals surface area contributed by atoms with Crippen LogP contribution in [0.3, 0.4) is 0 Å². The van der Waals surface area contributed by atoms with Crippen molar-refractivity contribution >= 4 is 18.9 Å². The molecule has 222 valence electrons. The Kier molecular flexibility index (Phi) is 9.92. The minimum atomic E-state index is -0.253. The molecule has 0 heterocycles. The van der Waals surface area contributed by atoms with Gasteiger partial charge in [-0.2, -0.15) is 0 Å². The van der Waals surface area contributed by atoms with Crippen molar-refractivity contribution in [2.45, 2.75) is 81.4 Å². The maximum atomic E-state index is 6.53. The molecule has 4 rings (SSSR count). The average Bonchev–Trinajstić information content (AvgIpc) is 2.94. The van der Waals surface area contributed by atoms with Gasteiger partial charge in [-0.3, -0.25) is 0 Å². The molecule has 4 aromatic carbocycles. The minimum Gasteiger partial charge on any atom is -0.486 e. The van der Waals surface area contributed by atoms with Gasteiger partial charge in [0.1, 0.15) is 35.2 Å². The smallest absolute Gasteiger partial charge is 0.137 e. The van der Waals surface area contributed by atoms with Crippen molar-refractivity contribution in [3.05, 3.63) is 104 Å². The highest BCUT2D eigenvalue weighted by atomic mass is 31.0. The molecule has 0 bridgehead atoms. The van der Waals surface area contributed by atoms with E-state index in [1.165, 1.54) is 11.1 Å². The Morgan fingerprint density at radius 2 is 0.857 bits per heavy atom. The third kappa shape index (κ3) is 6.31. The molecular weight excluding hydrogens is 558 g/mol. The van der Waals surface area contributed by atoms with Gasteiger partial charge in [0, 0.05) is 22.3 Å². The van der Waals surface area contributed by atoms with E-state index in [0.717, 1.165) is 78.6 Å². The number of rotatable bonds is 9. The molecule has 0 fully saturated rings. The summed E-state index contributed by atoms with van der Waals surface area (Å²) < 4.78 is 25.3. The van der Waals surface area contributed by atoms with Gasteiger partial charge in [-0.1, -0.05) is 35.4 Å². The predicted molar refractivity (Wildman–Crippen MR) is 181 cm³/mol. The van der Waals surface area contributed by atoms with Gasteiger partial charge in [-0.05, 0) is 127 Å². The fraction of sp³-hybridized carbons (Fsp3) is 0.333. The third-order valence-corrected chi connectivity index (χ3v) is 8.76. The second-order valence-corrected chi connectivity index (χ2v) is 12.0. The van der Waals surface area contributed by atoms with Crippen LogP contribution in [-0.4, -0.2) is 0 Å². The Labute approximate surface area is 256 Å². The largest absolute Gasteiger partial charge is 0.486 e. The van der Waals surface area contributed by atoms with E-state index in [-0.39, 0.29) is 12.2 Å². The van der Waals surface area contributed by atoms with E-state index in [0.29, 0.717) is 0 Å². The summed E-state index contributed by atoms with van der Waals surface area (Å²) in [5.41, 5.74) is 13.1. The van der Waals surface area contributed by atoms with Gasteiger partial charge in [-0.15, -0.1) is 0 Å². The van der Waals surface area contributed by atoms with E-state index in [4.69, 9.17) is 18.5 Å². The van der Waals surface area contributed by atoms with E-state index < -0.39 is 0 Å². The van der Waals surface area contributed by atoms with Crippen LogP contribution >= 0.6 is 18.9 Å². The molecule has 0 saturated heterocycles. The van der Waals surface area contributed by atoms with Gasteiger partial charge < -0.3 is 18.5 Å². The molecule has 0 radical (unpaired) electrons. The van der Waals surface area contributed by atoms with Crippen LogP contribution < -0.4 is 18.5 Å². The van der Waals surface area contributed by atoms with Crippen molar-refractivity contribution in [2.75, 3.05) is 0 Å². The van der Waals surface area contributed by atoms with Crippen molar-refractivity contribution in [3.8, 4) is 34.1 Å². The van der Waals surface area contributed by atoms with Crippen LogP contribution in [0.2, 0.25) is 0 Å². The van der Waals surface area contributed by atoms with Gasteiger partial charge in [-0.25, -0.2) is 0 Å². The molecule has 0 aromatic heterocycles. The van der Waals surface area contributed by atoms with Crippen LogP contribution in [-0.2, 0) is 0 Å². The Morgan fingerprint density at radius 3 is 1.17 bits per heavy atom. The number of hydrogen-bond donors (Lipinski definition) is 0. The first-order valence-electron chi connectivity index (χ1n) is 14.4. The minimum absolute atomic E-state index is 0.253. The predicted octanol–water partition coefficient (Wildman–Crippen LogP) is 10.4. The summed E-state index contributed by atoms with van der Waals surface area (Å²) >= 11 is 0. The monoisotopic (exact) mass is 602 g/mol. The van der Waals surface area contributed by atoms with Crippen molar-refractivity contribution in [3.63, 3.8) is 0 Å². The topological polar surface area (TPSA) is 36.9 Å². The molecule has 0 aliphatic rings. The summed E-state index contributed by atoms with van der Waals surface area (Å²) in [4.78, 5) is 0. The first-order valence-corrected chi connectivity index (χ1v) is 15.3. The molecule has 4 atom stereocenters. The molecule has 6 heteroatoms. The van der Waals surface area contributed by atoms with Gasteiger partial charge >= 0.3 is 0 Å². The van der Waals surface area contributed by atoms with Gasteiger partial charge in [0.25, 0.3) is 0 Å². The fourth-order valence-electron chi connectivity index (χ4n) is 5.67. The second-order valence-electron chi connectivity index (χ2n) is 11.5. The molecule has 42 heavy (non-hydrogen) atoms. The molecule has 4 aromatic rings. The standard InChI is InChI=1S/C36H44O4P2/c1-19-11-13-31(23(5)15-19)37-27(9)29-17-21(3)25(7)33(35(29)39-41)34-26(8)22(4)18-30(36(34)40-42)28(10)38-32-14-12-20(2)16-24(32)6/h11-18,27-28H,41-42H2,1-10H3. The Hall–Kier alpha value is -3.06. The summed E-state index contributed by atoms with van der Waals surface area (Å²) in [6, 6.07) is 16.9. The van der Waals surface area contributed by atoms with Crippen LogP contribution in [0.15, 0.2) is 48.5 Å². The summed E-state index contributed by atoms with van der Waals surface area (Å²) in [6.45, 7) is 21.0. The Bertz CT molecular complexity index is 1510. The third-order valence-electron chi connectivity index (χ3n) is 8.29. The molecule has 0 saturated carbocycles. The lowest BCUT2D eigenvalue weighted by Crippen LogP contribution is -2.10. The summed E-state index contributed by atoms with van der Waals surface area (Å²) in [5.74, 6) is 3.24. The lowest BCUT2D eigenvalue weighted by molar-refractivity contribution is 0.222. The van der Waals surface area contributed by atoms with E-state index >= 15 is 0 Å². The highest BCUT2D eigenvalue weighted by Crippen LogP contribution is 2.50. The molecule has 0 N–H and O–H groups in total. The maximum Gasteiger partial charge on any atom is 0.137 e. The number of aryl methyl sites for hydroxylation is 6. The van der Waals surface area contributed by atoms with E-state index in [1.54, 1.807) is 0 Å². The molecule has 4 unspecified atom stereocenters. The van der Waals surface area contributed by atoms with Crippen molar-refractivity contribution < 1.29 is 18.5 Å². The fourth-order valence-corrected chi connectivity index (χ4v) is 6.18. The lowest BCUT2D eigenvalue weighted by Gasteiger charge is -2.27. The SMILES string of the molecule is Cc1ccc(OC(C)c2cc(C)c(C)c(-c3c(C)c(C)cc(C(C)Oc4ccc(C)cc4C)c3OP)c2OP)c(C)c1. The summed E-state index contributed by atoms with van der Waals surface area (Å²) in [6.07, 6.45) is -0.506.